The van der Waals surface area contributed by atoms with Crippen molar-refractivity contribution in [3.63, 3.8) is 0 Å². The second-order valence-electron chi connectivity index (χ2n) is 5.61. The normalized spacial score (nSPS) is 22.0. The molecule has 0 bridgehead atoms. The van der Waals surface area contributed by atoms with Gasteiger partial charge in [-0.15, -0.1) is 0 Å². The van der Waals surface area contributed by atoms with E-state index in [0.717, 1.165) is 0 Å². The Bertz CT molecular complexity index is 356. The Labute approximate surface area is 106 Å². The molecule has 1 aromatic rings. The zero-order valence-corrected chi connectivity index (χ0v) is 11.4. The molecule has 0 saturated heterocycles. The van der Waals surface area contributed by atoms with E-state index in [2.05, 4.69) is 50.5 Å². The third-order valence-electron chi connectivity index (χ3n) is 4.15. The van der Waals surface area contributed by atoms with Crippen LogP contribution in [-0.4, -0.2) is 13.1 Å². The highest BCUT2D eigenvalue weighted by atomic mass is 14.9. The van der Waals surface area contributed by atoms with Gasteiger partial charge in [0.2, 0.25) is 0 Å². The number of rotatable bonds is 3. The molecule has 0 aromatic heterocycles. The Balaban J connectivity index is 2.33. The van der Waals surface area contributed by atoms with Gasteiger partial charge in [0.15, 0.2) is 0 Å². The number of hydrogen-bond acceptors (Lipinski definition) is 1. The lowest BCUT2D eigenvalue weighted by Crippen LogP contribution is -2.36. The van der Waals surface area contributed by atoms with Crippen LogP contribution in [0.15, 0.2) is 24.3 Å². The summed E-state index contributed by atoms with van der Waals surface area (Å²) < 4.78 is 0. The smallest absolute Gasteiger partial charge is 0.0156 e. The molecule has 1 heteroatoms. The SMILES string of the molecule is CNC(C(C)C)C1CCCCc2ccccc21. The van der Waals surface area contributed by atoms with Crippen molar-refractivity contribution in [1.82, 2.24) is 5.32 Å². The highest BCUT2D eigenvalue weighted by Gasteiger charge is 2.27. The van der Waals surface area contributed by atoms with Crippen LogP contribution in [0.25, 0.3) is 0 Å². The van der Waals surface area contributed by atoms with Crippen LogP contribution in [0, 0.1) is 5.92 Å². The van der Waals surface area contributed by atoms with Gasteiger partial charge in [-0.25, -0.2) is 0 Å². The zero-order valence-electron chi connectivity index (χ0n) is 11.4. The maximum atomic E-state index is 3.54. The molecule has 0 spiro atoms. The van der Waals surface area contributed by atoms with Crippen molar-refractivity contribution in [3.05, 3.63) is 35.4 Å². The molecule has 0 fully saturated rings. The van der Waals surface area contributed by atoms with Crippen molar-refractivity contribution in [2.45, 2.75) is 51.5 Å². The van der Waals surface area contributed by atoms with E-state index in [1.165, 1.54) is 25.7 Å². The van der Waals surface area contributed by atoms with Gasteiger partial charge in [0, 0.05) is 6.04 Å². The lowest BCUT2D eigenvalue weighted by molar-refractivity contribution is 0.346. The average molecular weight is 231 g/mol. The maximum absolute atomic E-state index is 3.54. The first kappa shape index (κ1) is 12.6. The summed E-state index contributed by atoms with van der Waals surface area (Å²) >= 11 is 0. The monoisotopic (exact) mass is 231 g/mol. The number of benzene rings is 1. The van der Waals surface area contributed by atoms with E-state index in [4.69, 9.17) is 0 Å². The molecule has 1 aliphatic rings. The quantitative estimate of drug-likeness (QED) is 0.781. The second-order valence-corrected chi connectivity index (χ2v) is 5.61. The Kier molecular flexibility index (Phi) is 4.22. The number of fused-ring (bicyclic) bond motifs is 1. The summed E-state index contributed by atoms with van der Waals surface area (Å²) in [6.07, 6.45) is 5.31. The number of nitrogens with one attached hydrogen (secondary N) is 1. The molecule has 0 aliphatic heterocycles. The van der Waals surface area contributed by atoms with E-state index in [9.17, 15) is 0 Å². The molecule has 0 radical (unpaired) electrons. The summed E-state index contributed by atoms with van der Waals surface area (Å²) in [4.78, 5) is 0. The van der Waals surface area contributed by atoms with Crippen molar-refractivity contribution in [3.8, 4) is 0 Å². The summed E-state index contributed by atoms with van der Waals surface area (Å²) in [7, 11) is 2.11. The number of aryl methyl sites for hydroxylation is 1. The van der Waals surface area contributed by atoms with Crippen LogP contribution in [0.1, 0.15) is 50.2 Å². The molecule has 17 heavy (non-hydrogen) atoms. The van der Waals surface area contributed by atoms with E-state index in [0.29, 0.717) is 17.9 Å². The summed E-state index contributed by atoms with van der Waals surface area (Å²) in [5, 5.41) is 3.54. The molecule has 2 atom stereocenters. The molecule has 0 amide bonds. The van der Waals surface area contributed by atoms with Gasteiger partial charge in [0.25, 0.3) is 0 Å². The molecule has 0 heterocycles. The summed E-state index contributed by atoms with van der Waals surface area (Å²) in [5.41, 5.74) is 3.17. The van der Waals surface area contributed by atoms with Gasteiger partial charge < -0.3 is 5.32 Å². The third kappa shape index (κ3) is 2.71. The standard InChI is InChI=1S/C16H25N/c1-12(2)16(17-3)15-11-7-5-9-13-8-4-6-10-14(13)15/h4,6,8,10,12,15-17H,5,7,9,11H2,1-3H3. The van der Waals surface area contributed by atoms with Crippen LogP contribution >= 0.6 is 0 Å². The number of likely N-dealkylation sites (N-methyl/N-ethyl adjacent to an activating group) is 1. The van der Waals surface area contributed by atoms with E-state index >= 15 is 0 Å². The highest BCUT2D eigenvalue weighted by molar-refractivity contribution is 5.32. The first-order valence-corrected chi connectivity index (χ1v) is 6.99. The third-order valence-corrected chi connectivity index (χ3v) is 4.15. The summed E-state index contributed by atoms with van der Waals surface area (Å²) in [6, 6.07) is 9.66. The van der Waals surface area contributed by atoms with E-state index in [1.807, 2.05) is 0 Å². The van der Waals surface area contributed by atoms with Crippen LogP contribution in [0.2, 0.25) is 0 Å². The van der Waals surface area contributed by atoms with Crippen molar-refractivity contribution in [2.24, 2.45) is 5.92 Å². The van der Waals surface area contributed by atoms with Gasteiger partial charge in [0.1, 0.15) is 0 Å². The minimum atomic E-state index is 0.606. The first-order valence-electron chi connectivity index (χ1n) is 6.99. The van der Waals surface area contributed by atoms with Crippen LogP contribution in [0.5, 0.6) is 0 Å². The summed E-state index contributed by atoms with van der Waals surface area (Å²) in [5.74, 6) is 1.38. The molecule has 1 nitrogen and oxygen atoms in total. The highest BCUT2D eigenvalue weighted by Crippen LogP contribution is 2.34. The molecule has 1 N–H and O–H groups in total. The van der Waals surface area contributed by atoms with Gasteiger partial charge in [-0.1, -0.05) is 44.5 Å². The van der Waals surface area contributed by atoms with Crippen LogP contribution in [-0.2, 0) is 6.42 Å². The molecule has 1 aromatic carbocycles. The summed E-state index contributed by atoms with van der Waals surface area (Å²) in [6.45, 7) is 4.66. The Morgan fingerprint density at radius 1 is 1.18 bits per heavy atom. The molecular weight excluding hydrogens is 206 g/mol. The van der Waals surface area contributed by atoms with Crippen LogP contribution < -0.4 is 5.32 Å². The maximum Gasteiger partial charge on any atom is 0.0156 e. The predicted molar refractivity (Wildman–Crippen MR) is 74.4 cm³/mol. The Hall–Kier alpha value is -0.820. The molecule has 2 unspecified atom stereocenters. The molecule has 1 aliphatic carbocycles. The van der Waals surface area contributed by atoms with Gasteiger partial charge in [-0.05, 0) is 49.3 Å². The van der Waals surface area contributed by atoms with Gasteiger partial charge >= 0.3 is 0 Å². The Morgan fingerprint density at radius 2 is 1.94 bits per heavy atom. The largest absolute Gasteiger partial charge is 0.316 e. The van der Waals surface area contributed by atoms with E-state index < -0.39 is 0 Å². The van der Waals surface area contributed by atoms with Crippen LogP contribution in [0.4, 0.5) is 0 Å². The number of hydrogen-bond donors (Lipinski definition) is 1. The lowest BCUT2D eigenvalue weighted by Gasteiger charge is -2.30. The van der Waals surface area contributed by atoms with Gasteiger partial charge in [-0.2, -0.15) is 0 Å². The van der Waals surface area contributed by atoms with E-state index in [-0.39, 0.29) is 0 Å². The average Bonchev–Trinajstić information content (AvgIpc) is 2.53. The fourth-order valence-corrected chi connectivity index (χ4v) is 3.33. The second kappa shape index (κ2) is 5.68. The van der Waals surface area contributed by atoms with Crippen molar-refractivity contribution in [1.29, 1.82) is 0 Å². The van der Waals surface area contributed by atoms with Gasteiger partial charge in [0.05, 0.1) is 0 Å². The molecular formula is C16H25N. The topological polar surface area (TPSA) is 12.0 Å². The van der Waals surface area contributed by atoms with Crippen LogP contribution in [0.3, 0.4) is 0 Å². The molecule has 2 rings (SSSR count). The van der Waals surface area contributed by atoms with Crippen molar-refractivity contribution < 1.29 is 0 Å². The minimum Gasteiger partial charge on any atom is -0.316 e. The molecule has 94 valence electrons. The fraction of sp³-hybridized carbons (Fsp3) is 0.625. The fourth-order valence-electron chi connectivity index (χ4n) is 3.33. The lowest BCUT2D eigenvalue weighted by atomic mass is 9.81. The first-order chi connectivity index (χ1) is 8.24. The van der Waals surface area contributed by atoms with E-state index in [1.54, 1.807) is 11.1 Å². The Morgan fingerprint density at radius 3 is 2.65 bits per heavy atom. The minimum absolute atomic E-state index is 0.606. The van der Waals surface area contributed by atoms with Gasteiger partial charge in [-0.3, -0.25) is 0 Å². The van der Waals surface area contributed by atoms with Crippen molar-refractivity contribution in [2.75, 3.05) is 7.05 Å². The van der Waals surface area contributed by atoms with Crippen molar-refractivity contribution >= 4 is 0 Å². The molecule has 0 saturated carbocycles. The zero-order chi connectivity index (χ0) is 12.3. The predicted octanol–water partition coefficient (Wildman–Crippen LogP) is 3.74.